The molecule has 0 bridgehead atoms. The number of carbonyl (C=O) groups excluding carboxylic acids is 1. The van der Waals surface area contributed by atoms with Crippen LogP contribution < -0.4 is 5.32 Å². The molecule has 1 heterocycles. The number of phenols is 1. The Bertz CT molecular complexity index is 486. The molecule has 2 N–H and O–H groups in total. The van der Waals surface area contributed by atoms with Crippen molar-refractivity contribution in [1.82, 2.24) is 5.32 Å². The van der Waals surface area contributed by atoms with Gasteiger partial charge in [-0.3, -0.25) is 5.32 Å². The van der Waals surface area contributed by atoms with E-state index in [1.807, 2.05) is 26.0 Å². The van der Waals surface area contributed by atoms with Gasteiger partial charge >= 0.3 is 5.97 Å². The van der Waals surface area contributed by atoms with Crippen LogP contribution in [0.2, 0.25) is 0 Å². The minimum absolute atomic E-state index is 0.150. The van der Waals surface area contributed by atoms with Crippen LogP contribution in [0.1, 0.15) is 35.6 Å². The van der Waals surface area contributed by atoms with Crippen molar-refractivity contribution >= 4 is 5.97 Å². The van der Waals surface area contributed by atoms with Gasteiger partial charge in [-0.25, -0.2) is 4.79 Å². The molecule has 116 valence electrons. The van der Waals surface area contributed by atoms with Crippen molar-refractivity contribution in [2.45, 2.75) is 38.8 Å². The molecule has 1 aromatic carbocycles. The summed E-state index contributed by atoms with van der Waals surface area (Å²) in [5.41, 5.74) is 2.29. The van der Waals surface area contributed by atoms with E-state index in [1.54, 1.807) is 0 Å². The van der Waals surface area contributed by atoms with Crippen LogP contribution in [-0.4, -0.2) is 37.4 Å². The number of methoxy groups -OCH3 is 1. The average Bonchev–Trinajstić information content (AvgIpc) is 2.97. The van der Waals surface area contributed by atoms with E-state index in [0.717, 1.165) is 36.1 Å². The van der Waals surface area contributed by atoms with Gasteiger partial charge in [0.25, 0.3) is 0 Å². The van der Waals surface area contributed by atoms with Crippen LogP contribution in [0.3, 0.4) is 0 Å². The number of hydrogen-bond acceptors (Lipinski definition) is 5. The first-order chi connectivity index (χ1) is 10.0. The SMILES string of the molecule is COC(=O)C(NCC1CCCO1)c1cc(C)c(O)c(C)c1. The van der Waals surface area contributed by atoms with Crippen LogP contribution in [0.15, 0.2) is 12.1 Å². The number of ether oxygens (including phenoxy) is 2. The molecule has 0 amide bonds. The lowest BCUT2D eigenvalue weighted by molar-refractivity contribution is -0.143. The summed E-state index contributed by atoms with van der Waals surface area (Å²) < 4.78 is 10.5. The Morgan fingerprint density at radius 3 is 2.67 bits per heavy atom. The van der Waals surface area contributed by atoms with Crippen LogP contribution in [0.5, 0.6) is 5.75 Å². The average molecular weight is 293 g/mol. The highest BCUT2D eigenvalue weighted by Crippen LogP contribution is 2.27. The standard InChI is InChI=1S/C16H23NO4/c1-10-7-12(8-11(2)15(10)18)14(16(19)20-3)17-9-13-5-4-6-21-13/h7-8,13-14,17-18H,4-6,9H2,1-3H3. The topological polar surface area (TPSA) is 67.8 Å². The number of benzene rings is 1. The molecule has 1 aromatic rings. The van der Waals surface area contributed by atoms with Gasteiger partial charge in [-0.05, 0) is 43.4 Å². The van der Waals surface area contributed by atoms with Gasteiger partial charge in [-0.15, -0.1) is 0 Å². The van der Waals surface area contributed by atoms with E-state index >= 15 is 0 Å². The first-order valence-electron chi connectivity index (χ1n) is 7.26. The van der Waals surface area contributed by atoms with E-state index in [2.05, 4.69) is 5.32 Å². The molecule has 0 spiro atoms. The number of aryl methyl sites for hydroxylation is 2. The maximum absolute atomic E-state index is 12.0. The summed E-state index contributed by atoms with van der Waals surface area (Å²) in [6.07, 6.45) is 2.22. The van der Waals surface area contributed by atoms with Gasteiger partial charge in [0.1, 0.15) is 11.8 Å². The van der Waals surface area contributed by atoms with Gasteiger partial charge in [-0.2, -0.15) is 0 Å². The molecule has 0 aromatic heterocycles. The zero-order valence-electron chi connectivity index (χ0n) is 12.8. The van der Waals surface area contributed by atoms with Gasteiger partial charge in [0.05, 0.1) is 13.2 Å². The van der Waals surface area contributed by atoms with E-state index in [4.69, 9.17) is 9.47 Å². The molecule has 0 saturated carbocycles. The number of aromatic hydroxyl groups is 1. The summed E-state index contributed by atoms with van der Waals surface area (Å²) in [7, 11) is 1.38. The first-order valence-corrected chi connectivity index (χ1v) is 7.26. The van der Waals surface area contributed by atoms with Crippen LogP contribution in [-0.2, 0) is 14.3 Å². The third-order valence-electron chi connectivity index (χ3n) is 3.86. The van der Waals surface area contributed by atoms with Gasteiger partial charge in [-0.1, -0.05) is 12.1 Å². The van der Waals surface area contributed by atoms with Crippen LogP contribution in [0.4, 0.5) is 0 Å². The van der Waals surface area contributed by atoms with Gasteiger partial charge in [0.2, 0.25) is 0 Å². The van der Waals surface area contributed by atoms with Crippen molar-refractivity contribution in [3.63, 3.8) is 0 Å². The molecular weight excluding hydrogens is 270 g/mol. The summed E-state index contributed by atoms with van der Waals surface area (Å²) in [5, 5.41) is 13.1. The van der Waals surface area contributed by atoms with Gasteiger partial charge in [0.15, 0.2) is 0 Å². The molecule has 2 unspecified atom stereocenters. The zero-order valence-corrected chi connectivity index (χ0v) is 12.8. The quantitative estimate of drug-likeness (QED) is 0.813. The Balaban J connectivity index is 2.16. The fourth-order valence-electron chi connectivity index (χ4n) is 2.67. The number of esters is 1. The highest BCUT2D eigenvalue weighted by atomic mass is 16.5. The molecule has 1 fully saturated rings. The second-order valence-corrected chi connectivity index (χ2v) is 5.50. The smallest absolute Gasteiger partial charge is 0.327 e. The van der Waals surface area contributed by atoms with Crippen molar-refractivity contribution in [1.29, 1.82) is 0 Å². The lowest BCUT2D eigenvalue weighted by Crippen LogP contribution is -2.35. The van der Waals surface area contributed by atoms with Crippen molar-refractivity contribution in [2.75, 3.05) is 20.3 Å². The highest BCUT2D eigenvalue weighted by molar-refractivity contribution is 5.78. The molecule has 1 aliphatic rings. The number of nitrogens with one attached hydrogen (secondary N) is 1. The second-order valence-electron chi connectivity index (χ2n) is 5.50. The number of carbonyl (C=O) groups is 1. The van der Waals surface area contributed by atoms with Crippen molar-refractivity contribution < 1.29 is 19.4 Å². The fourth-order valence-corrected chi connectivity index (χ4v) is 2.67. The molecule has 2 rings (SSSR count). The molecule has 5 heteroatoms. The van der Waals surface area contributed by atoms with E-state index in [0.29, 0.717) is 6.54 Å². The maximum Gasteiger partial charge on any atom is 0.327 e. The Morgan fingerprint density at radius 1 is 1.48 bits per heavy atom. The monoisotopic (exact) mass is 293 g/mol. The molecule has 0 aliphatic carbocycles. The predicted molar refractivity (Wildman–Crippen MR) is 79.3 cm³/mol. The summed E-state index contributed by atoms with van der Waals surface area (Å²) in [6, 6.07) is 3.08. The van der Waals surface area contributed by atoms with E-state index < -0.39 is 6.04 Å². The van der Waals surface area contributed by atoms with Crippen molar-refractivity contribution in [2.24, 2.45) is 0 Å². The summed E-state index contributed by atoms with van der Waals surface area (Å²) in [4.78, 5) is 12.0. The van der Waals surface area contributed by atoms with Gasteiger partial charge < -0.3 is 14.6 Å². The number of hydrogen-bond donors (Lipinski definition) is 2. The fraction of sp³-hybridized carbons (Fsp3) is 0.562. The molecule has 21 heavy (non-hydrogen) atoms. The summed E-state index contributed by atoms with van der Waals surface area (Å²) in [5.74, 6) is -0.0704. The summed E-state index contributed by atoms with van der Waals surface area (Å²) in [6.45, 7) is 5.03. The maximum atomic E-state index is 12.0. The third kappa shape index (κ3) is 3.74. The third-order valence-corrected chi connectivity index (χ3v) is 3.86. The highest BCUT2D eigenvalue weighted by Gasteiger charge is 2.25. The summed E-state index contributed by atoms with van der Waals surface area (Å²) >= 11 is 0. The second kappa shape index (κ2) is 6.91. The van der Waals surface area contributed by atoms with Gasteiger partial charge in [0, 0.05) is 13.2 Å². The normalized spacial score (nSPS) is 19.5. The van der Waals surface area contributed by atoms with Crippen LogP contribution in [0, 0.1) is 13.8 Å². The zero-order chi connectivity index (χ0) is 15.4. The molecule has 5 nitrogen and oxygen atoms in total. The minimum Gasteiger partial charge on any atom is -0.507 e. The molecule has 1 saturated heterocycles. The van der Waals surface area contributed by atoms with E-state index in [9.17, 15) is 9.90 Å². The van der Waals surface area contributed by atoms with Crippen molar-refractivity contribution in [3.05, 3.63) is 28.8 Å². The Kier molecular flexibility index (Phi) is 5.20. The van der Waals surface area contributed by atoms with Crippen LogP contribution in [0.25, 0.3) is 0 Å². The lowest BCUT2D eigenvalue weighted by atomic mass is 10.00. The van der Waals surface area contributed by atoms with E-state index in [1.165, 1.54) is 7.11 Å². The number of phenolic OH excluding ortho intramolecular Hbond substituents is 1. The Hall–Kier alpha value is -1.59. The Morgan fingerprint density at radius 2 is 2.14 bits per heavy atom. The molecule has 2 atom stereocenters. The van der Waals surface area contributed by atoms with Crippen LogP contribution >= 0.6 is 0 Å². The molecular formula is C16H23NO4. The van der Waals surface area contributed by atoms with E-state index in [-0.39, 0.29) is 17.8 Å². The first kappa shape index (κ1) is 15.8. The Labute approximate surface area is 125 Å². The number of rotatable bonds is 5. The van der Waals surface area contributed by atoms with Crippen molar-refractivity contribution in [3.8, 4) is 5.75 Å². The lowest BCUT2D eigenvalue weighted by Gasteiger charge is -2.20. The minimum atomic E-state index is -0.544. The molecule has 1 aliphatic heterocycles. The molecule has 0 radical (unpaired) electrons. The predicted octanol–water partition coefficient (Wildman–Crippen LogP) is 1.99. The largest absolute Gasteiger partial charge is 0.507 e.